The lowest BCUT2D eigenvalue weighted by Crippen LogP contribution is -2.48. The van der Waals surface area contributed by atoms with Crippen LogP contribution in [0.25, 0.3) is 0 Å². The summed E-state index contributed by atoms with van der Waals surface area (Å²) in [6.45, 7) is 3.98. The van der Waals surface area contributed by atoms with Gasteiger partial charge in [-0.3, -0.25) is 4.98 Å². The van der Waals surface area contributed by atoms with E-state index in [1.165, 1.54) is 0 Å². The molecule has 1 aromatic heterocycles. The van der Waals surface area contributed by atoms with Crippen LogP contribution in [0.5, 0.6) is 5.75 Å². The van der Waals surface area contributed by atoms with Gasteiger partial charge < -0.3 is 14.6 Å². The highest BCUT2D eigenvalue weighted by Gasteiger charge is 2.40. The average molecular weight is 279 g/mol. The van der Waals surface area contributed by atoms with Crippen LogP contribution < -0.4 is 4.74 Å². The van der Waals surface area contributed by atoms with Crippen molar-refractivity contribution >= 4 is 0 Å². The highest BCUT2D eigenvalue weighted by Crippen LogP contribution is 2.35. The Morgan fingerprint density at radius 3 is 2.75 bits per heavy atom. The van der Waals surface area contributed by atoms with Gasteiger partial charge >= 0.3 is 0 Å². The zero-order chi connectivity index (χ0) is 14.8. The molecule has 4 heteroatoms. The van der Waals surface area contributed by atoms with Crippen LogP contribution in [-0.4, -0.2) is 36.0 Å². The molecule has 0 amide bonds. The van der Waals surface area contributed by atoms with Crippen LogP contribution in [0, 0.1) is 13.8 Å². The van der Waals surface area contributed by atoms with E-state index >= 15 is 0 Å². The summed E-state index contributed by atoms with van der Waals surface area (Å²) in [7, 11) is 3.35. The van der Waals surface area contributed by atoms with E-state index in [0.717, 1.165) is 48.3 Å². The van der Waals surface area contributed by atoms with E-state index in [1.54, 1.807) is 14.2 Å². The van der Waals surface area contributed by atoms with Crippen molar-refractivity contribution in [1.29, 1.82) is 0 Å². The fourth-order valence-corrected chi connectivity index (χ4v) is 3.27. The highest BCUT2D eigenvalue weighted by molar-refractivity contribution is 5.41. The van der Waals surface area contributed by atoms with Gasteiger partial charge in [-0.1, -0.05) is 12.8 Å². The number of ether oxygens (including phenoxy) is 2. The number of rotatable bonds is 4. The minimum atomic E-state index is -0.814. The van der Waals surface area contributed by atoms with Crippen molar-refractivity contribution in [1.82, 2.24) is 4.98 Å². The van der Waals surface area contributed by atoms with Crippen LogP contribution in [0.15, 0.2) is 6.20 Å². The molecule has 0 bridgehead atoms. The lowest BCUT2D eigenvalue weighted by molar-refractivity contribution is -0.116. The summed E-state index contributed by atoms with van der Waals surface area (Å²) < 4.78 is 10.9. The molecular weight excluding hydrogens is 254 g/mol. The molecule has 1 heterocycles. The Balaban J connectivity index is 2.29. The maximum Gasteiger partial charge on any atom is 0.128 e. The van der Waals surface area contributed by atoms with Crippen LogP contribution in [0.4, 0.5) is 0 Å². The van der Waals surface area contributed by atoms with Crippen molar-refractivity contribution in [2.75, 3.05) is 14.2 Å². The van der Waals surface area contributed by atoms with E-state index in [4.69, 9.17) is 9.47 Å². The first-order valence-corrected chi connectivity index (χ1v) is 7.26. The first kappa shape index (κ1) is 15.3. The van der Waals surface area contributed by atoms with Crippen molar-refractivity contribution in [2.45, 2.75) is 57.7 Å². The van der Waals surface area contributed by atoms with Crippen LogP contribution in [0.3, 0.4) is 0 Å². The number of aliphatic hydroxyl groups is 1. The third-order valence-electron chi connectivity index (χ3n) is 4.43. The normalized spacial score (nSPS) is 26.6. The van der Waals surface area contributed by atoms with Gasteiger partial charge in [0.05, 0.1) is 18.8 Å². The van der Waals surface area contributed by atoms with Gasteiger partial charge in [-0.15, -0.1) is 0 Å². The molecule has 1 aliphatic carbocycles. The number of methoxy groups -OCH3 is 2. The van der Waals surface area contributed by atoms with Gasteiger partial charge in [-0.2, -0.15) is 0 Å². The molecule has 1 aromatic rings. The molecular formula is C16H25NO3. The Kier molecular flexibility index (Phi) is 4.66. The minimum Gasteiger partial charge on any atom is -0.496 e. The molecule has 1 N–H and O–H groups in total. The molecule has 2 atom stereocenters. The largest absolute Gasteiger partial charge is 0.496 e. The zero-order valence-corrected chi connectivity index (χ0v) is 12.9. The van der Waals surface area contributed by atoms with E-state index in [-0.39, 0.29) is 6.10 Å². The Bertz CT molecular complexity index is 475. The third-order valence-corrected chi connectivity index (χ3v) is 4.43. The molecule has 0 spiro atoms. The molecule has 2 rings (SSSR count). The standard InChI is InChI=1S/C16H25NO3/c1-11-10-17-13(12(2)15(11)20-4)9-16(18)8-6-5-7-14(16)19-3/h10,14,18H,5-9H2,1-4H3. The predicted octanol–water partition coefficient (Wildman–Crippen LogP) is 2.57. The molecule has 1 fully saturated rings. The maximum absolute atomic E-state index is 10.9. The smallest absolute Gasteiger partial charge is 0.128 e. The van der Waals surface area contributed by atoms with Crippen molar-refractivity contribution in [3.8, 4) is 5.75 Å². The second-order valence-corrected chi connectivity index (χ2v) is 5.80. The third kappa shape index (κ3) is 2.81. The van der Waals surface area contributed by atoms with Crippen molar-refractivity contribution in [3.63, 3.8) is 0 Å². The van der Waals surface area contributed by atoms with Gasteiger partial charge in [-0.05, 0) is 26.7 Å². The van der Waals surface area contributed by atoms with E-state index in [9.17, 15) is 5.11 Å². The zero-order valence-electron chi connectivity index (χ0n) is 12.9. The predicted molar refractivity (Wildman–Crippen MR) is 78.2 cm³/mol. The van der Waals surface area contributed by atoms with Crippen LogP contribution >= 0.6 is 0 Å². The second-order valence-electron chi connectivity index (χ2n) is 5.80. The number of hydrogen-bond donors (Lipinski definition) is 1. The number of aromatic nitrogens is 1. The molecule has 0 aliphatic heterocycles. The summed E-state index contributed by atoms with van der Waals surface area (Å²) in [6, 6.07) is 0. The summed E-state index contributed by atoms with van der Waals surface area (Å²) in [5.41, 5.74) is 2.12. The van der Waals surface area contributed by atoms with Gasteiger partial charge in [0.1, 0.15) is 5.75 Å². The Morgan fingerprint density at radius 2 is 2.10 bits per heavy atom. The molecule has 20 heavy (non-hydrogen) atoms. The summed E-state index contributed by atoms with van der Waals surface area (Å²) in [5, 5.41) is 10.9. The number of pyridine rings is 1. The van der Waals surface area contributed by atoms with Crippen molar-refractivity contribution < 1.29 is 14.6 Å². The fourth-order valence-electron chi connectivity index (χ4n) is 3.27. The number of nitrogens with zero attached hydrogens (tertiary/aromatic N) is 1. The molecule has 0 radical (unpaired) electrons. The van der Waals surface area contributed by atoms with E-state index < -0.39 is 5.60 Å². The molecule has 0 aromatic carbocycles. The number of aryl methyl sites for hydroxylation is 1. The van der Waals surface area contributed by atoms with Gasteiger partial charge in [0, 0.05) is 36.5 Å². The first-order chi connectivity index (χ1) is 9.51. The topological polar surface area (TPSA) is 51.6 Å². The summed E-state index contributed by atoms with van der Waals surface area (Å²) in [6.07, 6.45) is 6.06. The molecule has 0 saturated heterocycles. The maximum atomic E-state index is 10.9. The quantitative estimate of drug-likeness (QED) is 0.920. The monoisotopic (exact) mass is 279 g/mol. The van der Waals surface area contributed by atoms with E-state index in [1.807, 2.05) is 20.0 Å². The molecule has 1 aliphatic rings. The minimum absolute atomic E-state index is 0.107. The molecule has 1 saturated carbocycles. The van der Waals surface area contributed by atoms with Crippen LogP contribution in [0.2, 0.25) is 0 Å². The molecule has 4 nitrogen and oxygen atoms in total. The lowest BCUT2D eigenvalue weighted by atomic mass is 9.78. The van der Waals surface area contributed by atoms with Crippen molar-refractivity contribution in [3.05, 3.63) is 23.0 Å². The molecule has 2 unspecified atom stereocenters. The van der Waals surface area contributed by atoms with Gasteiger partial charge in [0.15, 0.2) is 0 Å². The van der Waals surface area contributed by atoms with E-state index in [2.05, 4.69) is 4.98 Å². The van der Waals surface area contributed by atoms with Crippen molar-refractivity contribution in [2.24, 2.45) is 0 Å². The summed E-state index contributed by atoms with van der Waals surface area (Å²) in [4.78, 5) is 4.50. The first-order valence-electron chi connectivity index (χ1n) is 7.26. The van der Waals surface area contributed by atoms with E-state index in [0.29, 0.717) is 6.42 Å². The van der Waals surface area contributed by atoms with Crippen LogP contribution in [0.1, 0.15) is 42.5 Å². The second kappa shape index (κ2) is 6.10. The Labute approximate surface area is 121 Å². The summed E-state index contributed by atoms with van der Waals surface area (Å²) >= 11 is 0. The lowest BCUT2D eigenvalue weighted by Gasteiger charge is -2.39. The average Bonchev–Trinajstić information content (AvgIpc) is 2.43. The van der Waals surface area contributed by atoms with Gasteiger partial charge in [0.2, 0.25) is 0 Å². The van der Waals surface area contributed by atoms with Gasteiger partial charge in [-0.25, -0.2) is 0 Å². The highest BCUT2D eigenvalue weighted by atomic mass is 16.5. The Hall–Kier alpha value is -1.13. The summed E-state index contributed by atoms with van der Waals surface area (Å²) in [5.74, 6) is 0.864. The Morgan fingerprint density at radius 1 is 1.35 bits per heavy atom. The number of hydrogen-bond acceptors (Lipinski definition) is 4. The fraction of sp³-hybridized carbons (Fsp3) is 0.688. The SMILES string of the molecule is COc1c(C)cnc(CC2(O)CCCCC2OC)c1C. The van der Waals surface area contributed by atoms with Gasteiger partial charge in [0.25, 0.3) is 0 Å². The van der Waals surface area contributed by atoms with Crippen LogP contribution in [-0.2, 0) is 11.2 Å². The molecule has 112 valence electrons.